The Morgan fingerprint density at radius 3 is 2.33 bits per heavy atom. The molecule has 0 radical (unpaired) electrons. The van der Waals surface area contributed by atoms with E-state index in [4.69, 9.17) is 14.0 Å². The molecule has 1 aromatic carbocycles. The summed E-state index contributed by atoms with van der Waals surface area (Å²) in [6.07, 6.45) is 1.98. The molecular weight excluding hydrogens is 323 g/mol. The van der Waals surface area contributed by atoms with Crippen molar-refractivity contribution in [3.63, 3.8) is 0 Å². The molecule has 1 heterocycles. The van der Waals surface area contributed by atoms with Crippen LogP contribution in [-0.4, -0.2) is 37.2 Å². The van der Waals surface area contributed by atoms with Crippen LogP contribution in [0.4, 0.5) is 0 Å². The monoisotopic (exact) mass is 348 g/mol. The van der Waals surface area contributed by atoms with Crippen LogP contribution in [0.15, 0.2) is 23.7 Å². The van der Waals surface area contributed by atoms with Crippen molar-refractivity contribution in [3.05, 3.63) is 40.4 Å². The van der Waals surface area contributed by atoms with E-state index in [1.54, 1.807) is 6.07 Å². The smallest absolute Gasteiger partial charge is 0.465 e. The third-order valence-corrected chi connectivity index (χ3v) is 5.14. The van der Waals surface area contributed by atoms with Gasteiger partial charge in [-0.1, -0.05) is 12.1 Å². The molecular formula is C18H25BO4S. The lowest BCUT2D eigenvalue weighted by molar-refractivity contribution is 0.00578. The van der Waals surface area contributed by atoms with Gasteiger partial charge in [-0.2, -0.15) is 12.6 Å². The van der Waals surface area contributed by atoms with E-state index in [-0.39, 0.29) is 5.97 Å². The maximum atomic E-state index is 11.8. The van der Waals surface area contributed by atoms with Crippen LogP contribution in [0.3, 0.4) is 0 Å². The molecule has 0 aromatic heterocycles. The number of ether oxygens (including phenoxy) is 1. The van der Waals surface area contributed by atoms with Gasteiger partial charge in [0.25, 0.3) is 0 Å². The predicted octanol–water partition coefficient (Wildman–Crippen LogP) is 3.73. The number of carbonyl (C=O) groups excluding carboxylic acids is 1. The molecule has 0 amide bonds. The molecule has 0 aliphatic carbocycles. The van der Waals surface area contributed by atoms with Gasteiger partial charge in [0.1, 0.15) is 0 Å². The van der Waals surface area contributed by atoms with Gasteiger partial charge in [-0.3, -0.25) is 0 Å². The summed E-state index contributed by atoms with van der Waals surface area (Å²) >= 11 is 4.43. The van der Waals surface area contributed by atoms with Gasteiger partial charge in [0.05, 0.1) is 23.9 Å². The number of hydrogen-bond acceptors (Lipinski definition) is 5. The molecule has 1 aromatic rings. The normalized spacial score (nSPS) is 19.5. The topological polar surface area (TPSA) is 44.8 Å². The van der Waals surface area contributed by atoms with Crippen LogP contribution >= 0.6 is 12.6 Å². The Labute approximate surface area is 150 Å². The van der Waals surface area contributed by atoms with Crippen molar-refractivity contribution in [1.82, 2.24) is 0 Å². The third kappa shape index (κ3) is 3.71. The average molecular weight is 348 g/mol. The van der Waals surface area contributed by atoms with Crippen LogP contribution in [0.2, 0.25) is 0 Å². The minimum absolute atomic E-state index is 0.354. The first-order valence-corrected chi connectivity index (χ1v) is 8.60. The lowest BCUT2D eigenvalue weighted by atomic mass is 9.78. The maximum Gasteiger partial charge on any atom is 0.491 e. The summed E-state index contributed by atoms with van der Waals surface area (Å²) in [5.74, 6) is 0.145. The van der Waals surface area contributed by atoms with Gasteiger partial charge in [-0.25, -0.2) is 4.79 Å². The molecule has 1 saturated heterocycles. The third-order valence-electron chi connectivity index (χ3n) is 4.78. The SMILES string of the molecule is COC(=O)c1ccc(C)c(C=C(CS)B2OC(C)(C)C(C)(C)O2)c1. The van der Waals surface area contributed by atoms with E-state index >= 15 is 0 Å². The van der Waals surface area contributed by atoms with Gasteiger partial charge in [-0.15, -0.1) is 0 Å². The number of esters is 1. The van der Waals surface area contributed by atoms with Gasteiger partial charge < -0.3 is 14.0 Å². The number of methoxy groups -OCH3 is 1. The van der Waals surface area contributed by atoms with Crippen LogP contribution in [0.5, 0.6) is 0 Å². The average Bonchev–Trinajstić information content (AvgIpc) is 2.73. The van der Waals surface area contributed by atoms with E-state index in [2.05, 4.69) is 12.6 Å². The summed E-state index contributed by atoms with van der Waals surface area (Å²) in [7, 11) is 0.926. The molecule has 4 nitrogen and oxygen atoms in total. The van der Waals surface area contributed by atoms with Gasteiger partial charge in [-0.05, 0) is 63.4 Å². The fourth-order valence-corrected chi connectivity index (χ4v) is 2.66. The van der Waals surface area contributed by atoms with Crippen molar-refractivity contribution in [2.24, 2.45) is 0 Å². The van der Waals surface area contributed by atoms with E-state index in [1.807, 2.05) is 52.8 Å². The van der Waals surface area contributed by atoms with Crippen LogP contribution < -0.4 is 0 Å². The molecule has 1 aliphatic rings. The van der Waals surface area contributed by atoms with Gasteiger partial charge in [0.15, 0.2) is 0 Å². The van der Waals surface area contributed by atoms with Crippen molar-refractivity contribution in [1.29, 1.82) is 0 Å². The Morgan fingerprint density at radius 2 is 1.83 bits per heavy atom. The molecule has 1 fully saturated rings. The highest BCUT2D eigenvalue weighted by atomic mass is 32.1. The van der Waals surface area contributed by atoms with Crippen molar-refractivity contribution in [2.45, 2.75) is 45.8 Å². The van der Waals surface area contributed by atoms with Crippen LogP contribution in [0, 0.1) is 6.92 Å². The van der Waals surface area contributed by atoms with Gasteiger partial charge in [0.2, 0.25) is 0 Å². The second kappa shape index (κ2) is 6.94. The van der Waals surface area contributed by atoms with E-state index < -0.39 is 18.3 Å². The number of thiol groups is 1. The fourth-order valence-electron chi connectivity index (χ4n) is 2.42. The van der Waals surface area contributed by atoms with Crippen molar-refractivity contribution >= 4 is 31.8 Å². The van der Waals surface area contributed by atoms with Crippen LogP contribution in [-0.2, 0) is 14.0 Å². The molecule has 0 N–H and O–H groups in total. The zero-order valence-electron chi connectivity index (χ0n) is 15.2. The van der Waals surface area contributed by atoms with Gasteiger partial charge in [0, 0.05) is 5.75 Å². The summed E-state index contributed by atoms with van der Waals surface area (Å²) < 4.78 is 17.0. The Kier molecular flexibility index (Phi) is 5.52. The van der Waals surface area contributed by atoms with Crippen LogP contribution in [0.1, 0.15) is 49.2 Å². The first kappa shape index (κ1) is 19.1. The van der Waals surface area contributed by atoms with E-state index in [0.717, 1.165) is 16.6 Å². The van der Waals surface area contributed by atoms with Crippen molar-refractivity contribution in [3.8, 4) is 0 Å². The van der Waals surface area contributed by atoms with E-state index in [9.17, 15) is 4.79 Å². The molecule has 0 saturated carbocycles. The first-order chi connectivity index (χ1) is 11.1. The lowest BCUT2D eigenvalue weighted by Gasteiger charge is -2.32. The fraction of sp³-hybridized carbons (Fsp3) is 0.500. The molecule has 1 aliphatic heterocycles. The summed E-state index contributed by atoms with van der Waals surface area (Å²) in [4.78, 5) is 11.8. The summed E-state index contributed by atoms with van der Waals surface area (Å²) in [5, 5.41) is 0. The zero-order valence-corrected chi connectivity index (χ0v) is 16.1. The Balaban J connectivity index is 2.37. The molecule has 0 bridgehead atoms. The van der Waals surface area contributed by atoms with Gasteiger partial charge >= 0.3 is 13.1 Å². The Hall–Kier alpha value is -1.24. The highest BCUT2D eigenvalue weighted by Crippen LogP contribution is 2.39. The molecule has 24 heavy (non-hydrogen) atoms. The zero-order chi connectivity index (χ0) is 18.1. The Morgan fingerprint density at radius 1 is 1.25 bits per heavy atom. The summed E-state index contributed by atoms with van der Waals surface area (Å²) in [5.41, 5.74) is 2.62. The first-order valence-electron chi connectivity index (χ1n) is 7.97. The molecule has 130 valence electrons. The minimum atomic E-state index is -0.450. The summed E-state index contributed by atoms with van der Waals surface area (Å²) in [6.45, 7) is 10.1. The maximum absolute atomic E-state index is 11.8. The second-order valence-corrected chi connectivity index (χ2v) is 7.34. The molecule has 2 rings (SSSR count). The van der Waals surface area contributed by atoms with E-state index in [0.29, 0.717) is 11.3 Å². The lowest BCUT2D eigenvalue weighted by Crippen LogP contribution is -2.41. The number of benzene rings is 1. The molecule has 0 atom stereocenters. The highest BCUT2D eigenvalue weighted by molar-refractivity contribution is 7.80. The highest BCUT2D eigenvalue weighted by Gasteiger charge is 2.52. The Bertz CT molecular complexity index is 651. The minimum Gasteiger partial charge on any atom is -0.465 e. The summed E-state index contributed by atoms with van der Waals surface area (Å²) in [6, 6.07) is 5.47. The molecule has 0 spiro atoms. The number of carbonyl (C=O) groups is 1. The van der Waals surface area contributed by atoms with E-state index in [1.165, 1.54) is 7.11 Å². The van der Waals surface area contributed by atoms with Crippen molar-refractivity contribution < 1.29 is 18.8 Å². The number of aryl methyl sites for hydroxylation is 1. The number of hydrogen-bond donors (Lipinski definition) is 1. The van der Waals surface area contributed by atoms with Crippen molar-refractivity contribution in [2.75, 3.05) is 12.9 Å². The largest absolute Gasteiger partial charge is 0.491 e. The molecule has 0 unspecified atom stereocenters. The number of rotatable bonds is 4. The standard InChI is InChI=1S/C18H25BO4S/c1-12-7-8-13(16(20)21-6)9-14(12)10-15(11-24)19-22-17(2,3)18(4,5)23-19/h7-10,24H,11H2,1-6H3. The quantitative estimate of drug-likeness (QED) is 0.512. The molecule has 6 heteroatoms. The van der Waals surface area contributed by atoms with Crippen LogP contribution in [0.25, 0.3) is 6.08 Å². The second-order valence-electron chi connectivity index (χ2n) is 7.03. The predicted molar refractivity (Wildman–Crippen MR) is 100 cm³/mol.